The largest absolute Gasteiger partial charge is 0.494 e. The van der Waals surface area contributed by atoms with Crippen molar-refractivity contribution in [2.45, 2.75) is 6.92 Å². The third kappa shape index (κ3) is 3.21. The number of amides is 3. The molecule has 6 heteroatoms. The second-order valence-corrected chi connectivity index (χ2v) is 5.68. The van der Waals surface area contributed by atoms with Gasteiger partial charge in [-0.3, -0.25) is 19.3 Å². The summed E-state index contributed by atoms with van der Waals surface area (Å²) in [5, 5.41) is 2.76. The molecule has 2 aromatic carbocycles. The van der Waals surface area contributed by atoms with Crippen molar-refractivity contribution in [2.75, 3.05) is 18.5 Å². The van der Waals surface area contributed by atoms with E-state index in [-0.39, 0.29) is 23.9 Å². The van der Waals surface area contributed by atoms with Gasteiger partial charge in [0.15, 0.2) is 0 Å². The minimum Gasteiger partial charge on any atom is -0.494 e. The fourth-order valence-corrected chi connectivity index (χ4v) is 2.73. The number of carbonyl (C=O) groups excluding carboxylic acids is 3. The molecule has 0 atom stereocenters. The van der Waals surface area contributed by atoms with E-state index >= 15 is 0 Å². The number of nitrogens with one attached hydrogen (secondary N) is 1. The fraction of sp³-hybridized carbons (Fsp3) is 0.150. The molecule has 3 amide bonds. The molecule has 0 fully saturated rings. The summed E-state index contributed by atoms with van der Waals surface area (Å²) in [4.78, 5) is 38.1. The number of hydrogen-bond acceptors (Lipinski definition) is 4. The van der Waals surface area contributed by atoms with Crippen LogP contribution in [0.4, 0.5) is 5.69 Å². The van der Waals surface area contributed by atoms with E-state index in [2.05, 4.69) is 11.9 Å². The first-order chi connectivity index (χ1) is 12.5. The second kappa shape index (κ2) is 7.23. The maximum atomic E-state index is 12.5. The summed E-state index contributed by atoms with van der Waals surface area (Å²) < 4.78 is 5.36. The molecular formula is C20H18N2O4. The molecule has 1 N–H and O–H groups in total. The van der Waals surface area contributed by atoms with Crippen molar-refractivity contribution in [3.8, 4) is 5.75 Å². The van der Waals surface area contributed by atoms with Gasteiger partial charge in [-0.15, -0.1) is 6.58 Å². The van der Waals surface area contributed by atoms with Crippen molar-refractivity contribution in [1.29, 1.82) is 0 Å². The van der Waals surface area contributed by atoms with Gasteiger partial charge in [0.25, 0.3) is 17.7 Å². The van der Waals surface area contributed by atoms with E-state index in [1.165, 1.54) is 24.3 Å². The molecule has 1 aliphatic heterocycles. The van der Waals surface area contributed by atoms with Gasteiger partial charge >= 0.3 is 0 Å². The lowest BCUT2D eigenvalue weighted by Gasteiger charge is -2.09. The monoisotopic (exact) mass is 350 g/mol. The zero-order chi connectivity index (χ0) is 18.7. The maximum absolute atomic E-state index is 12.5. The van der Waals surface area contributed by atoms with Crippen LogP contribution in [0.2, 0.25) is 0 Å². The number of fused-ring (bicyclic) bond motifs is 1. The van der Waals surface area contributed by atoms with Gasteiger partial charge in [-0.2, -0.15) is 0 Å². The van der Waals surface area contributed by atoms with Crippen LogP contribution in [0.3, 0.4) is 0 Å². The molecule has 0 unspecified atom stereocenters. The average molecular weight is 350 g/mol. The van der Waals surface area contributed by atoms with Gasteiger partial charge in [0.2, 0.25) is 0 Å². The number of ether oxygens (including phenoxy) is 1. The second-order valence-electron chi connectivity index (χ2n) is 5.68. The van der Waals surface area contributed by atoms with Crippen LogP contribution in [0.15, 0.2) is 55.1 Å². The van der Waals surface area contributed by atoms with Gasteiger partial charge in [0.1, 0.15) is 5.75 Å². The Morgan fingerprint density at radius 1 is 1.12 bits per heavy atom. The third-order valence-electron chi connectivity index (χ3n) is 3.97. The van der Waals surface area contributed by atoms with E-state index in [0.717, 1.165) is 10.6 Å². The van der Waals surface area contributed by atoms with Crippen molar-refractivity contribution in [1.82, 2.24) is 4.90 Å². The summed E-state index contributed by atoms with van der Waals surface area (Å²) in [6.07, 6.45) is 1.49. The summed E-state index contributed by atoms with van der Waals surface area (Å²) in [6.45, 7) is 6.15. The Morgan fingerprint density at radius 3 is 2.46 bits per heavy atom. The van der Waals surface area contributed by atoms with Gasteiger partial charge in [0, 0.05) is 17.8 Å². The average Bonchev–Trinajstić information content (AvgIpc) is 2.88. The molecule has 0 aliphatic carbocycles. The summed E-state index contributed by atoms with van der Waals surface area (Å²) >= 11 is 0. The Bertz CT molecular complexity index is 887. The van der Waals surface area contributed by atoms with Gasteiger partial charge in [0.05, 0.1) is 17.7 Å². The lowest BCUT2D eigenvalue weighted by molar-refractivity contribution is 0.0672. The smallest absolute Gasteiger partial charge is 0.261 e. The van der Waals surface area contributed by atoms with Crippen molar-refractivity contribution in [2.24, 2.45) is 0 Å². The topological polar surface area (TPSA) is 75.7 Å². The molecule has 0 spiro atoms. The normalized spacial score (nSPS) is 12.7. The molecule has 6 nitrogen and oxygen atoms in total. The molecule has 0 saturated carbocycles. The van der Waals surface area contributed by atoms with Gasteiger partial charge in [-0.05, 0) is 49.4 Å². The van der Waals surface area contributed by atoms with Crippen LogP contribution in [-0.4, -0.2) is 35.8 Å². The molecule has 2 aromatic rings. The highest BCUT2D eigenvalue weighted by Crippen LogP contribution is 2.24. The van der Waals surface area contributed by atoms with E-state index in [9.17, 15) is 14.4 Å². The fourth-order valence-electron chi connectivity index (χ4n) is 2.73. The first kappa shape index (κ1) is 17.4. The molecular weight excluding hydrogens is 332 g/mol. The maximum Gasteiger partial charge on any atom is 0.261 e. The van der Waals surface area contributed by atoms with Crippen LogP contribution in [0.1, 0.15) is 38.0 Å². The Hall–Kier alpha value is -3.41. The van der Waals surface area contributed by atoms with Crippen LogP contribution < -0.4 is 10.1 Å². The predicted molar refractivity (Wildman–Crippen MR) is 97.6 cm³/mol. The standard InChI is InChI=1S/C20H18N2O4/c1-3-11-22-19(24)16-10-5-13(12-17(16)20(22)25)18(23)21-14-6-8-15(9-7-14)26-4-2/h3,5-10,12H,1,4,11H2,2H3,(H,21,23). The molecule has 0 radical (unpaired) electrons. The lowest BCUT2D eigenvalue weighted by atomic mass is 10.1. The molecule has 0 bridgehead atoms. The minimum absolute atomic E-state index is 0.139. The summed E-state index contributed by atoms with van der Waals surface area (Å²) in [5.74, 6) is -0.433. The Balaban J connectivity index is 1.79. The first-order valence-electron chi connectivity index (χ1n) is 8.20. The summed E-state index contributed by atoms with van der Waals surface area (Å²) in [6, 6.07) is 11.5. The predicted octanol–water partition coefficient (Wildman–Crippen LogP) is 3.12. The number of benzene rings is 2. The molecule has 0 saturated heterocycles. The molecule has 3 rings (SSSR count). The van der Waals surface area contributed by atoms with E-state index in [1.807, 2.05) is 6.92 Å². The van der Waals surface area contributed by atoms with Gasteiger partial charge in [-0.1, -0.05) is 6.08 Å². The van der Waals surface area contributed by atoms with Crippen LogP contribution in [-0.2, 0) is 0 Å². The van der Waals surface area contributed by atoms with Crippen LogP contribution in [0.5, 0.6) is 5.75 Å². The quantitative estimate of drug-likeness (QED) is 0.641. The van der Waals surface area contributed by atoms with Crippen molar-refractivity contribution in [3.05, 3.63) is 71.8 Å². The molecule has 1 aliphatic rings. The number of nitrogens with zero attached hydrogens (tertiary/aromatic N) is 1. The number of carbonyl (C=O) groups is 3. The van der Waals surface area contributed by atoms with E-state index in [0.29, 0.717) is 23.4 Å². The summed E-state index contributed by atoms with van der Waals surface area (Å²) in [7, 11) is 0. The number of rotatable bonds is 6. The van der Waals surface area contributed by atoms with Crippen molar-refractivity contribution in [3.63, 3.8) is 0 Å². The highest BCUT2D eigenvalue weighted by molar-refractivity contribution is 6.22. The highest BCUT2D eigenvalue weighted by atomic mass is 16.5. The van der Waals surface area contributed by atoms with Crippen LogP contribution in [0.25, 0.3) is 0 Å². The van der Waals surface area contributed by atoms with Crippen LogP contribution in [0, 0.1) is 0 Å². The molecule has 0 aromatic heterocycles. The summed E-state index contributed by atoms with van der Waals surface area (Å²) in [5.41, 5.74) is 1.44. The van der Waals surface area contributed by atoms with Gasteiger partial charge < -0.3 is 10.1 Å². The Labute approximate surface area is 151 Å². The Morgan fingerprint density at radius 2 is 1.81 bits per heavy atom. The Kier molecular flexibility index (Phi) is 4.84. The van der Waals surface area contributed by atoms with Crippen LogP contribution >= 0.6 is 0 Å². The lowest BCUT2D eigenvalue weighted by Crippen LogP contribution is -2.29. The minimum atomic E-state index is -0.416. The van der Waals surface area contributed by atoms with E-state index in [1.54, 1.807) is 24.3 Å². The van der Waals surface area contributed by atoms with Crippen molar-refractivity contribution < 1.29 is 19.1 Å². The first-order valence-corrected chi connectivity index (χ1v) is 8.20. The van der Waals surface area contributed by atoms with Crippen molar-refractivity contribution >= 4 is 23.4 Å². The number of hydrogen-bond donors (Lipinski definition) is 1. The van der Waals surface area contributed by atoms with Gasteiger partial charge in [-0.25, -0.2) is 0 Å². The van der Waals surface area contributed by atoms with E-state index < -0.39 is 5.91 Å². The highest BCUT2D eigenvalue weighted by Gasteiger charge is 2.35. The molecule has 1 heterocycles. The zero-order valence-electron chi connectivity index (χ0n) is 14.3. The number of anilines is 1. The molecule has 26 heavy (non-hydrogen) atoms. The number of imide groups is 1. The molecule has 132 valence electrons. The SMILES string of the molecule is C=CCN1C(=O)c2ccc(C(=O)Nc3ccc(OCC)cc3)cc2C1=O. The zero-order valence-corrected chi connectivity index (χ0v) is 14.3. The third-order valence-corrected chi connectivity index (χ3v) is 3.97. The van der Waals surface area contributed by atoms with E-state index in [4.69, 9.17) is 4.74 Å².